The van der Waals surface area contributed by atoms with Gasteiger partial charge in [0, 0.05) is 12.8 Å². The van der Waals surface area contributed by atoms with Crippen LogP contribution in [0.1, 0.15) is 48.0 Å². The van der Waals surface area contributed by atoms with Crippen LogP contribution in [0, 0.1) is 17.3 Å². The zero-order chi connectivity index (χ0) is 13.9. The number of hydrogen-bond acceptors (Lipinski definition) is 2. The van der Waals surface area contributed by atoms with Gasteiger partial charge in [-0.1, -0.05) is 38.5 Å². The van der Waals surface area contributed by atoms with Crippen molar-refractivity contribution in [2.45, 2.75) is 54.1 Å². The zero-order valence-electron chi connectivity index (χ0n) is 12.5. The fourth-order valence-electron chi connectivity index (χ4n) is 2.66. The molecule has 3 atom stereocenters. The second kappa shape index (κ2) is 5.73. The predicted octanol–water partition coefficient (Wildman–Crippen LogP) is 4.12. The maximum Gasteiger partial charge on any atom is 0.303 e. The van der Waals surface area contributed by atoms with Crippen LogP contribution < -0.4 is 0 Å². The summed E-state index contributed by atoms with van der Waals surface area (Å²) in [6.07, 6.45) is 7.55. The lowest BCUT2D eigenvalue weighted by Crippen LogP contribution is -2.33. The Bertz CT molecular complexity index is 363. The van der Waals surface area contributed by atoms with E-state index in [1.54, 1.807) is 0 Å². The number of hydrogen-bond donors (Lipinski definition) is 0. The Morgan fingerprint density at radius 1 is 1.56 bits per heavy atom. The second-order valence-electron chi connectivity index (χ2n) is 6.08. The number of allylic oxidation sites excluding steroid dienone is 3. The van der Waals surface area contributed by atoms with Crippen molar-refractivity contribution in [1.82, 2.24) is 0 Å². The molecule has 0 aromatic rings. The van der Waals surface area contributed by atoms with E-state index in [1.807, 2.05) is 13.0 Å². The quantitative estimate of drug-likeness (QED) is 0.556. The molecule has 0 radical (unpaired) electrons. The van der Waals surface area contributed by atoms with Gasteiger partial charge in [0.05, 0.1) is 0 Å². The Hall–Kier alpha value is -1.05. The molecular weight excluding hydrogens is 224 g/mol. The molecule has 0 saturated carbocycles. The Kier molecular flexibility index (Phi) is 4.78. The van der Waals surface area contributed by atoms with Gasteiger partial charge >= 0.3 is 5.97 Å². The number of rotatable bonds is 3. The molecule has 0 bridgehead atoms. The van der Waals surface area contributed by atoms with Gasteiger partial charge in [0.15, 0.2) is 0 Å². The fourth-order valence-corrected chi connectivity index (χ4v) is 2.66. The van der Waals surface area contributed by atoms with E-state index < -0.39 is 0 Å². The first-order valence-corrected chi connectivity index (χ1v) is 6.77. The monoisotopic (exact) mass is 250 g/mol. The molecule has 2 heteroatoms. The Balaban J connectivity index is 2.80. The summed E-state index contributed by atoms with van der Waals surface area (Å²) in [5.41, 5.74) is 1.68. The predicted molar refractivity (Wildman–Crippen MR) is 75.2 cm³/mol. The Morgan fingerprint density at radius 2 is 2.17 bits per heavy atom. The minimum absolute atomic E-state index is 0.150. The summed E-state index contributed by atoms with van der Waals surface area (Å²) in [5, 5.41) is 0. The van der Waals surface area contributed by atoms with E-state index in [9.17, 15) is 4.79 Å². The standard InChI is InChI=1S/C16H26O2/c1-11-7-8-12(2)16(5,6)15(11)10-9-13(3)18-14(4)17/h7,9-10,12-13,15H,8H2,1-6H3/b10-9+/t12-,13-,15+/m0/s1. The van der Waals surface area contributed by atoms with E-state index in [-0.39, 0.29) is 17.5 Å². The molecular formula is C16H26O2. The lowest BCUT2D eigenvalue weighted by molar-refractivity contribution is -0.143. The van der Waals surface area contributed by atoms with Crippen molar-refractivity contribution in [3.8, 4) is 0 Å². The third kappa shape index (κ3) is 3.47. The summed E-state index contributed by atoms with van der Waals surface area (Å²) < 4.78 is 5.13. The average molecular weight is 250 g/mol. The van der Waals surface area contributed by atoms with E-state index in [4.69, 9.17) is 4.74 Å². The van der Waals surface area contributed by atoms with Crippen molar-refractivity contribution in [3.63, 3.8) is 0 Å². The van der Waals surface area contributed by atoms with Gasteiger partial charge in [-0.2, -0.15) is 0 Å². The van der Waals surface area contributed by atoms with E-state index in [0.29, 0.717) is 11.8 Å². The van der Waals surface area contributed by atoms with E-state index in [2.05, 4.69) is 39.8 Å². The lowest BCUT2D eigenvalue weighted by Gasteiger charge is -2.42. The normalized spacial score (nSPS) is 28.9. The smallest absolute Gasteiger partial charge is 0.303 e. The molecule has 0 unspecified atom stereocenters. The summed E-state index contributed by atoms with van der Waals surface area (Å²) >= 11 is 0. The van der Waals surface area contributed by atoms with Crippen LogP contribution in [0.25, 0.3) is 0 Å². The number of esters is 1. The fraction of sp³-hybridized carbons (Fsp3) is 0.688. The van der Waals surface area contributed by atoms with Gasteiger partial charge in [-0.15, -0.1) is 0 Å². The zero-order valence-corrected chi connectivity index (χ0v) is 12.5. The molecule has 1 rings (SSSR count). The summed E-state index contributed by atoms with van der Waals surface area (Å²) in [6, 6.07) is 0. The first kappa shape index (κ1) is 15.0. The minimum Gasteiger partial charge on any atom is -0.459 e. The highest BCUT2D eigenvalue weighted by atomic mass is 16.5. The average Bonchev–Trinajstić information content (AvgIpc) is 2.22. The molecule has 0 spiro atoms. The molecule has 1 aliphatic rings. The molecule has 0 amide bonds. The molecule has 2 nitrogen and oxygen atoms in total. The summed E-state index contributed by atoms with van der Waals surface area (Å²) in [7, 11) is 0. The van der Waals surface area contributed by atoms with Gasteiger partial charge in [-0.25, -0.2) is 0 Å². The maximum absolute atomic E-state index is 10.9. The molecule has 0 N–H and O–H groups in total. The van der Waals surface area contributed by atoms with E-state index in [1.165, 1.54) is 12.5 Å². The number of carbonyl (C=O) groups is 1. The maximum atomic E-state index is 10.9. The van der Waals surface area contributed by atoms with Crippen LogP contribution in [0.2, 0.25) is 0 Å². The number of ether oxygens (including phenoxy) is 1. The van der Waals surface area contributed by atoms with Gasteiger partial charge in [0.1, 0.15) is 6.10 Å². The lowest BCUT2D eigenvalue weighted by atomic mass is 9.63. The van der Waals surface area contributed by atoms with Crippen LogP contribution in [0.3, 0.4) is 0 Å². The molecule has 0 heterocycles. The van der Waals surface area contributed by atoms with Crippen molar-refractivity contribution in [1.29, 1.82) is 0 Å². The molecule has 0 fully saturated rings. The minimum atomic E-state index is -0.226. The van der Waals surface area contributed by atoms with E-state index in [0.717, 1.165) is 6.42 Å². The van der Waals surface area contributed by atoms with Gasteiger partial charge < -0.3 is 4.74 Å². The van der Waals surface area contributed by atoms with Crippen LogP contribution in [-0.2, 0) is 9.53 Å². The molecule has 102 valence electrons. The SMILES string of the molecule is CC(=O)O[C@@H](C)/C=C/[C@@H]1C(C)=CC[C@H](C)C1(C)C. The third-order valence-electron chi connectivity index (χ3n) is 4.28. The highest BCUT2D eigenvalue weighted by Crippen LogP contribution is 2.45. The van der Waals surface area contributed by atoms with Crippen molar-refractivity contribution in [2.24, 2.45) is 17.3 Å². The number of carbonyl (C=O) groups excluding carboxylic acids is 1. The van der Waals surface area contributed by atoms with E-state index >= 15 is 0 Å². The molecule has 1 aliphatic carbocycles. The summed E-state index contributed by atoms with van der Waals surface area (Å²) in [4.78, 5) is 10.9. The highest BCUT2D eigenvalue weighted by molar-refractivity contribution is 5.66. The van der Waals surface area contributed by atoms with Crippen molar-refractivity contribution >= 4 is 5.97 Å². The van der Waals surface area contributed by atoms with Gasteiger partial charge in [0.25, 0.3) is 0 Å². The highest BCUT2D eigenvalue weighted by Gasteiger charge is 2.36. The van der Waals surface area contributed by atoms with Crippen molar-refractivity contribution in [2.75, 3.05) is 0 Å². The largest absolute Gasteiger partial charge is 0.459 e. The summed E-state index contributed by atoms with van der Waals surface area (Å²) in [5.74, 6) is 0.870. The molecule has 18 heavy (non-hydrogen) atoms. The van der Waals surface area contributed by atoms with Crippen molar-refractivity contribution in [3.05, 3.63) is 23.8 Å². The molecule has 0 aliphatic heterocycles. The molecule has 0 aromatic carbocycles. The van der Waals surface area contributed by atoms with Crippen molar-refractivity contribution < 1.29 is 9.53 Å². The van der Waals surface area contributed by atoms with Gasteiger partial charge in [0.2, 0.25) is 0 Å². The van der Waals surface area contributed by atoms with Crippen LogP contribution >= 0.6 is 0 Å². The van der Waals surface area contributed by atoms with Crippen LogP contribution in [0.5, 0.6) is 0 Å². The van der Waals surface area contributed by atoms with Crippen LogP contribution in [0.15, 0.2) is 23.8 Å². The second-order valence-corrected chi connectivity index (χ2v) is 6.08. The Labute approximate surface area is 111 Å². The topological polar surface area (TPSA) is 26.3 Å². The Morgan fingerprint density at radius 3 is 2.72 bits per heavy atom. The molecule has 0 aromatic heterocycles. The summed E-state index contributed by atoms with van der Waals surface area (Å²) in [6.45, 7) is 12.5. The van der Waals surface area contributed by atoms with Crippen LogP contribution in [0.4, 0.5) is 0 Å². The van der Waals surface area contributed by atoms with Gasteiger partial charge in [-0.05, 0) is 37.7 Å². The first-order valence-electron chi connectivity index (χ1n) is 6.77. The molecule has 0 saturated heterocycles. The first-order chi connectivity index (χ1) is 8.25. The third-order valence-corrected chi connectivity index (χ3v) is 4.28. The van der Waals surface area contributed by atoms with Gasteiger partial charge in [-0.3, -0.25) is 4.79 Å². The van der Waals surface area contributed by atoms with Crippen LogP contribution in [-0.4, -0.2) is 12.1 Å².